The third-order valence-electron chi connectivity index (χ3n) is 15.6. The Morgan fingerprint density at radius 3 is 1.47 bits per heavy atom. The van der Waals surface area contributed by atoms with E-state index < -0.39 is 12.2 Å². The third-order valence-corrected chi connectivity index (χ3v) is 15.6. The largest absolute Gasteiger partial charge is 0.497 e. The van der Waals surface area contributed by atoms with E-state index in [-0.39, 0.29) is 12.1 Å². The first-order valence-corrected chi connectivity index (χ1v) is 24.2. The average molecular weight is 881 g/mol. The number of pyridine rings is 2. The molecule has 9 heterocycles. The fourth-order valence-electron chi connectivity index (χ4n) is 12.1. The SMILES string of the molecule is CCC1CN2CC[C@H]1C[C@@H]2[C@@H](Oc1nc(-c2ccccc2)nc(O[C@@H](c2ccnc3ccc(OC)cc23)[C@H]2C[C@@H]3CCN2CC3CC)c1-c1ccccc1)c1ccnc2ccc(OC)cc12. The van der Waals surface area contributed by atoms with Crippen LogP contribution in [0.2, 0.25) is 0 Å². The molecular formula is C56H60N6O4. The predicted octanol–water partition coefficient (Wildman–Crippen LogP) is 11.4. The van der Waals surface area contributed by atoms with Crippen molar-refractivity contribution in [3.63, 3.8) is 0 Å². The van der Waals surface area contributed by atoms with Gasteiger partial charge in [-0.25, -0.2) is 0 Å². The van der Waals surface area contributed by atoms with Crippen LogP contribution in [0.25, 0.3) is 44.3 Å². The third kappa shape index (κ3) is 7.91. The molecule has 6 fully saturated rings. The molecule has 338 valence electrons. The molecule has 0 aliphatic carbocycles. The van der Waals surface area contributed by atoms with Crippen LogP contribution in [0.15, 0.2) is 122 Å². The topological polar surface area (TPSA) is 95.0 Å². The van der Waals surface area contributed by atoms with Gasteiger partial charge in [-0.05, 0) is 117 Å². The monoisotopic (exact) mass is 880 g/mol. The molecule has 0 amide bonds. The van der Waals surface area contributed by atoms with Crippen LogP contribution in [0, 0.1) is 23.7 Å². The quantitative estimate of drug-likeness (QED) is 0.105. The lowest BCUT2D eigenvalue weighted by atomic mass is 9.72. The van der Waals surface area contributed by atoms with Gasteiger partial charge >= 0.3 is 0 Å². The molecule has 7 aromatic rings. The molecule has 0 spiro atoms. The second-order valence-corrected chi connectivity index (χ2v) is 18.9. The van der Waals surface area contributed by atoms with Crippen molar-refractivity contribution in [2.24, 2.45) is 23.7 Å². The van der Waals surface area contributed by atoms with E-state index >= 15 is 0 Å². The molecule has 6 saturated heterocycles. The Kier molecular flexibility index (Phi) is 11.8. The van der Waals surface area contributed by atoms with E-state index in [4.69, 9.17) is 38.9 Å². The van der Waals surface area contributed by atoms with E-state index in [1.54, 1.807) is 14.2 Å². The Balaban J connectivity index is 1.13. The summed E-state index contributed by atoms with van der Waals surface area (Å²) in [5, 5.41) is 2.02. The van der Waals surface area contributed by atoms with Gasteiger partial charge < -0.3 is 18.9 Å². The Hall–Kier alpha value is -6.10. The number of benzene rings is 4. The summed E-state index contributed by atoms with van der Waals surface area (Å²) < 4.78 is 27.2. The van der Waals surface area contributed by atoms with Crippen molar-refractivity contribution in [1.29, 1.82) is 0 Å². The van der Waals surface area contributed by atoms with Gasteiger partial charge in [-0.2, -0.15) is 9.97 Å². The lowest BCUT2D eigenvalue weighted by Gasteiger charge is -2.52. The molecule has 10 heteroatoms. The van der Waals surface area contributed by atoms with Crippen molar-refractivity contribution in [3.8, 4) is 45.8 Å². The average Bonchev–Trinajstić information content (AvgIpc) is 3.39. The fourth-order valence-corrected chi connectivity index (χ4v) is 12.1. The molecule has 4 bridgehead atoms. The van der Waals surface area contributed by atoms with Crippen molar-refractivity contribution in [2.45, 2.75) is 76.7 Å². The Morgan fingerprint density at radius 1 is 0.576 bits per heavy atom. The molecule has 10 nitrogen and oxygen atoms in total. The van der Waals surface area contributed by atoms with E-state index in [0.717, 1.165) is 100 Å². The maximum atomic E-state index is 7.76. The van der Waals surface area contributed by atoms with Crippen LogP contribution in [-0.4, -0.2) is 82.2 Å². The summed E-state index contributed by atoms with van der Waals surface area (Å²) in [6, 6.07) is 37.4. The van der Waals surface area contributed by atoms with E-state index in [2.05, 4.69) is 90.4 Å². The van der Waals surface area contributed by atoms with Gasteiger partial charge in [0.05, 0.1) is 37.3 Å². The van der Waals surface area contributed by atoms with Gasteiger partial charge in [0.1, 0.15) is 29.3 Å². The van der Waals surface area contributed by atoms with Crippen molar-refractivity contribution in [3.05, 3.63) is 133 Å². The molecule has 0 radical (unpaired) electrons. The van der Waals surface area contributed by atoms with Gasteiger partial charge in [0.2, 0.25) is 11.8 Å². The van der Waals surface area contributed by atoms with Gasteiger partial charge in [-0.1, -0.05) is 87.4 Å². The molecule has 4 aromatic carbocycles. The van der Waals surface area contributed by atoms with E-state index in [9.17, 15) is 0 Å². The van der Waals surface area contributed by atoms with Crippen molar-refractivity contribution >= 4 is 21.8 Å². The number of fused-ring (bicyclic) bond motifs is 8. The van der Waals surface area contributed by atoms with Crippen molar-refractivity contribution in [1.82, 2.24) is 29.7 Å². The first kappa shape index (κ1) is 42.5. The predicted molar refractivity (Wildman–Crippen MR) is 260 cm³/mol. The normalized spacial score (nSPS) is 25.4. The van der Waals surface area contributed by atoms with E-state index in [0.29, 0.717) is 41.3 Å². The Labute approximate surface area is 388 Å². The fraction of sp³-hybridized carbons (Fsp3) is 0.393. The van der Waals surface area contributed by atoms with Gasteiger partial charge in [0, 0.05) is 52.9 Å². The molecule has 66 heavy (non-hydrogen) atoms. The Bertz CT molecular complexity index is 2680. The molecule has 0 saturated carbocycles. The highest BCUT2D eigenvalue weighted by Crippen LogP contribution is 2.50. The summed E-state index contributed by atoms with van der Waals surface area (Å²) in [6.07, 6.45) is 9.90. The maximum Gasteiger partial charge on any atom is 0.229 e. The van der Waals surface area contributed by atoms with Gasteiger partial charge in [0.15, 0.2) is 5.82 Å². The van der Waals surface area contributed by atoms with Crippen LogP contribution in [0.5, 0.6) is 23.3 Å². The summed E-state index contributed by atoms with van der Waals surface area (Å²) in [5.41, 5.74) is 6.48. The molecule has 13 rings (SSSR count). The van der Waals surface area contributed by atoms with Gasteiger partial charge in [0.25, 0.3) is 0 Å². The maximum absolute atomic E-state index is 7.76. The second kappa shape index (κ2) is 18.3. The molecule has 0 N–H and O–H groups in total. The van der Waals surface area contributed by atoms with Crippen LogP contribution in [0.4, 0.5) is 0 Å². The minimum absolute atomic E-state index is 0.106. The number of ether oxygens (including phenoxy) is 4. The lowest BCUT2D eigenvalue weighted by molar-refractivity contribution is -0.0510. The van der Waals surface area contributed by atoms with Gasteiger partial charge in [-0.15, -0.1) is 0 Å². The summed E-state index contributed by atoms with van der Waals surface area (Å²) >= 11 is 0. The number of piperidine rings is 6. The highest BCUT2D eigenvalue weighted by atomic mass is 16.5. The van der Waals surface area contributed by atoms with E-state index in [1.165, 1.54) is 25.7 Å². The highest BCUT2D eigenvalue weighted by Gasteiger charge is 2.47. The zero-order valence-electron chi connectivity index (χ0n) is 38.6. The molecular weight excluding hydrogens is 821 g/mol. The van der Waals surface area contributed by atoms with Crippen molar-refractivity contribution < 1.29 is 18.9 Å². The standard InChI is InChI=1S/C56H60N6O4/c1-5-35-33-61-27-23-39(35)29-49(61)52(43-21-25-57-47-19-17-41(63-3)31-45(43)47)65-55-51(37-13-9-7-10-14-37)56(60-54(59-55)38-15-11-8-12-16-38)66-53(50-30-40-24-28-62(50)34-36(40)6-2)44-22-26-58-48-20-18-42(64-4)32-46(44)48/h7-22,25-26,31-32,35-36,39-40,49-50,52-53H,5-6,23-24,27-30,33-34H2,1-4H3/t35?,36?,39-,40-,49+,50+,52-,53-/m0/s1. The van der Waals surface area contributed by atoms with Crippen LogP contribution >= 0.6 is 0 Å². The molecule has 4 unspecified atom stereocenters. The molecule has 10 atom stereocenters. The summed E-state index contributed by atoms with van der Waals surface area (Å²) in [5.74, 6) is 5.70. The van der Waals surface area contributed by atoms with Crippen LogP contribution in [-0.2, 0) is 0 Å². The molecule has 6 aliphatic heterocycles. The van der Waals surface area contributed by atoms with Crippen LogP contribution in [0.1, 0.15) is 75.7 Å². The number of hydrogen-bond donors (Lipinski definition) is 0. The minimum atomic E-state index is -0.393. The summed E-state index contributed by atoms with van der Waals surface area (Å²) in [6.45, 7) is 8.88. The number of aromatic nitrogens is 4. The highest BCUT2D eigenvalue weighted by molar-refractivity contribution is 5.85. The number of methoxy groups -OCH3 is 2. The zero-order valence-corrected chi connectivity index (χ0v) is 38.6. The lowest BCUT2D eigenvalue weighted by Crippen LogP contribution is -2.56. The smallest absolute Gasteiger partial charge is 0.229 e. The zero-order chi connectivity index (χ0) is 44.7. The number of rotatable bonds is 14. The first-order valence-electron chi connectivity index (χ1n) is 24.2. The number of hydrogen-bond acceptors (Lipinski definition) is 10. The summed E-state index contributed by atoms with van der Waals surface area (Å²) in [7, 11) is 3.44. The van der Waals surface area contributed by atoms with Crippen LogP contribution < -0.4 is 18.9 Å². The second-order valence-electron chi connectivity index (χ2n) is 18.9. The van der Waals surface area contributed by atoms with Crippen molar-refractivity contribution in [2.75, 3.05) is 40.4 Å². The number of nitrogens with zero attached hydrogens (tertiary/aromatic N) is 6. The first-order chi connectivity index (χ1) is 32.5. The summed E-state index contributed by atoms with van der Waals surface area (Å²) in [4.78, 5) is 26.0. The van der Waals surface area contributed by atoms with E-state index in [1.807, 2.05) is 54.9 Å². The minimum Gasteiger partial charge on any atom is -0.497 e. The van der Waals surface area contributed by atoms with Crippen LogP contribution in [0.3, 0.4) is 0 Å². The molecule has 3 aromatic heterocycles. The molecule has 6 aliphatic rings. The van der Waals surface area contributed by atoms with Gasteiger partial charge in [-0.3, -0.25) is 19.8 Å². The Morgan fingerprint density at radius 2 is 1.05 bits per heavy atom.